The highest BCUT2D eigenvalue weighted by Crippen LogP contribution is 2.11. The zero-order chi connectivity index (χ0) is 23.6. The highest BCUT2D eigenvalue weighted by Gasteiger charge is 2.26. The van der Waals surface area contributed by atoms with E-state index >= 15 is 0 Å². The number of carbonyl (C=O) groups excluding carboxylic acids is 3. The molecule has 0 bridgehead atoms. The van der Waals surface area contributed by atoms with Gasteiger partial charge in [-0.1, -0.05) is 12.1 Å². The summed E-state index contributed by atoms with van der Waals surface area (Å²) >= 11 is 0. The molecule has 0 saturated carbocycles. The van der Waals surface area contributed by atoms with Gasteiger partial charge in [-0.15, -0.1) is 0 Å². The standard InChI is InChI=1S/C18H24N4O9/c19-11(6-15(26)27)16(28)22-12(5-9-1-3-10(24)4-2-9)17(29)20-7-14(25)21-13(8-23)18(30)31/h1-4,11-13,23-24H,5-8,19H2,(H,20,29)(H,21,25)(H,22,28)(H,26,27)(H,30,31). The SMILES string of the molecule is NC(CC(=O)O)C(=O)NC(Cc1ccc(O)cc1)C(=O)NCC(=O)NC(CO)C(=O)O. The van der Waals surface area contributed by atoms with E-state index in [9.17, 15) is 29.1 Å². The van der Waals surface area contributed by atoms with Gasteiger partial charge in [-0.05, 0) is 17.7 Å². The Hall–Kier alpha value is -3.71. The van der Waals surface area contributed by atoms with Crippen LogP contribution in [0, 0.1) is 0 Å². The molecule has 0 spiro atoms. The zero-order valence-corrected chi connectivity index (χ0v) is 16.3. The fourth-order valence-electron chi connectivity index (χ4n) is 2.36. The first kappa shape index (κ1) is 25.3. The highest BCUT2D eigenvalue weighted by molar-refractivity contribution is 5.93. The van der Waals surface area contributed by atoms with Crippen LogP contribution >= 0.6 is 0 Å². The predicted octanol–water partition coefficient (Wildman–Crippen LogP) is -3.10. The van der Waals surface area contributed by atoms with E-state index in [2.05, 4.69) is 10.6 Å². The number of carboxylic acids is 2. The van der Waals surface area contributed by atoms with Gasteiger partial charge in [0, 0.05) is 6.42 Å². The second-order valence-corrected chi connectivity index (χ2v) is 6.49. The van der Waals surface area contributed by atoms with Crippen LogP contribution in [0.25, 0.3) is 0 Å². The number of phenolic OH excluding ortho intramolecular Hbond substituents is 1. The maximum absolute atomic E-state index is 12.5. The van der Waals surface area contributed by atoms with Crippen LogP contribution in [-0.2, 0) is 30.4 Å². The summed E-state index contributed by atoms with van der Waals surface area (Å²) in [7, 11) is 0. The van der Waals surface area contributed by atoms with E-state index < -0.39 is 67.4 Å². The monoisotopic (exact) mass is 440 g/mol. The summed E-state index contributed by atoms with van der Waals surface area (Å²) in [6, 6.07) is 1.47. The Morgan fingerprint density at radius 1 is 0.935 bits per heavy atom. The van der Waals surface area contributed by atoms with Crippen LogP contribution in [0.3, 0.4) is 0 Å². The average molecular weight is 440 g/mol. The van der Waals surface area contributed by atoms with Crippen molar-refractivity contribution in [2.75, 3.05) is 13.2 Å². The maximum atomic E-state index is 12.5. The molecule has 1 aromatic carbocycles. The van der Waals surface area contributed by atoms with Crippen molar-refractivity contribution in [3.63, 3.8) is 0 Å². The minimum absolute atomic E-state index is 0.0224. The number of benzene rings is 1. The average Bonchev–Trinajstić information content (AvgIpc) is 2.70. The lowest BCUT2D eigenvalue weighted by Gasteiger charge is -2.20. The number of carboxylic acid groups (broad SMARTS) is 2. The minimum Gasteiger partial charge on any atom is -0.508 e. The van der Waals surface area contributed by atoms with Gasteiger partial charge in [0.2, 0.25) is 17.7 Å². The predicted molar refractivity (Wildman–Crippen MR) is 104 cm³/mol. The van der Waals surface area contributed by atoms with Gasteiger partial charge in [-0.25, -0.2) is 4.79 Å². The fraction of sp³-hybridized carbons (Fsp3) is 0.389. The molecule has 0 aliphatic rings. The number of nitrogens with two attached hydrogens (primary N) is 1. The van der Waals surface area contributed by atoms with E-state index in [1.165, 1.54) is 24.3 Å². The molecule has 3 amide bonds. The van der Waals surface area contributed by atoms with Crippen molar-refractivity contribution in [1.82, 2.24) is 16.0 Å². The van der Waals surface area contributed by atoms with Crippen LogP contribution in [0.5, 0.6) is 5.75 Å². The first-order chi connectivity index (χ1) is 14.5. The van der Waals surface area contributed by atoms with E-state index in [1.807, 2.05) is 5.32 Å². The van der Waals surface area contributed by atoms with Gasteiger partial charge in [-0.3, -0.25) is 19.2 Å². The first-order valence-electron chi connectivity index (χ1n) is 8.99. The minimum atomic E-state index is -1.55. The largest absolute Gasteiger partial charge is 0.508 e. The molecular formula is C18H24N4O9. The summed E-state index contributed by atoms with van der Waals surface area (Å²) in [4.78, 5) is 58.0. The number of aromatic hydroxyl groups is 1. The lowest BCUT2D eigenvalue weighted by molar-refractivity contribution is -0.142. The number of rotatable bonds is 12. The molecule has 13 nitrogen and oxygen atoms in total. The van der Waals surface area contributed by atoms with Crippen molar-refractivity contribution in [2.45, 2.75) is 31.0 Å². The van der Waals surface area contributed by atoms with Crippen molar-refractivity contribution in [3.05, 3.63) is 29.8 Å². The molecule has 31 heavy (non-hydrogen) atoms. The molecule has 170 valence electrons. The highest BCUT2D eigenvalue weighted by atomic mass is 16.4. The fourth-order valence-corrected chi connectivity index (χ4v) is 2.36. The molecule has 0 aromatic heterocycles. The van der Waals surface area contributed by atoms with Gasteiger partial charge < -0.3 is 42.1 Å². The molecule has 9 N–H and O–H groups in total. The molecule has 0 radical (unpaired) electrons. The summed E-state index contributed by atoms with van der Waals surface area (Å²) in [5.41, 5.74) is 6.03. The lowest BCUT2D eigenvalue weighted by atomic mass is 10.0. The van der Waals surface area contributed by atoms with Gasteiger partial charge in [0.1, 0.15) is 17.8 Å². The smallest absolute Gasteiger partial charge is 0.328 e. The third kappa shape index (κ3) is 9.10. The number of hydrogen-bond donors (Lipinski definition) is 8. The second kappa shape index (κ2) is 12.1. The number of hydrogen-bond acceptors (Lipinski definition) is 8. The Balaban J connectivity index is 2.83. The Morgan fingerprint density at radius 3 is 2.06 bits per heavy atom. The van der Waals surface area contributed by atoms with Crippen LogP contribution < -0.4 is 21.7 Å². The molecule has 0 saturated heterocycles. The van der Waals surface area contributed by atoms with Crippen LogP contribution in [0.1, 0.15) is 12.0 Å². The number of nitrogens with one attached hydrogen (secondary N) is 3. The van der Waals surface area contributed by atoms with Crippen molar-refractivity contribution in [3.8, 4) is 5.75 Å². The molecule has 0 heterocycles. The van der Waals surface area contributed by atoms with Gasteiger partial charge >= 0.3 is 11.9 Å². The lowest BCUT2D eigenvalue weighted by Crippen LogP contribution is -2.54. The molecule has 13 heteroatoms. The summed E-state index contributed by atoms with van der Waals surface area (Å²) in [6.07, 6.45) is -0.743. The van der Waals surface area contributed by atoms with Gasteiger partial charge in [-0.2, -0.15) is 0 Å². The van der Waals surface area contributed by atoms with Crippen LogP contribution in [0.15, 0.2) is 24.3 Å². The van der Waals surface area contributed by atoms with E-state index in [4.69, 9.17) is 21.1 Å². The Morgan fingerprint density at radius 2 is 1.55 bits per heavy atom. The Bertz CT molecular complexity index is 813. The Labute approximate surface area is 176 Å². The second-order valence-electron chi connectivity index (χ2n) is 6.49. The topological polar surface area (TPSA) is 228 Å². The van der Waals surface area contributed by atoms with E-state index in [-0.39, 0.29) is 12.2 Å². The summed E-state index contributed by atoms with van der Waals surface area (Å²) in [5.74, 6) is -5.42. The molecule has 0 aliphatic heterocycles. The van der Waals surface area contributed by atoms with Crippen molar-refractivity contribution in [2.24, 2.45) is 5.73 Å². The van der Waals surface area contributed by atoms with Crippen molar-refractivity contribution < 1.29 is 44.4 Å². The number of carbonyl (C=O) groups is 5. The Kier molecular flexibility index (Phi) is 9.88. The molecule has 3 unspecified atom stereocenters. The van der Waals surface area contributed by atoms with E-state index in [0.717, 1.165) is 0 Å². The van der Waals surface area contributed by atoms with Crippen LogP contribution in [0.2, 0.25) is 0 Å². The number of aliphatic carboxylic acids is 2. The number of aliphatic hydroxyl groups excluding tert-OH is 1. The van der Waals surface area contributed by atoms with Crippen molar-refractivity contribution >= 4 is 29.7 Å². The third-order valence-electron chi connectivity index (χ3n) is 3.98. The number of phenols is 1. The van der Waals surface area contributed by atoms with E-state index in [0.29, 0.717) is 5.56 Å². The number of amides is 3. The summed E-state index contributed by atoms with van der Waals surface area (Å²) in [6.45, 7) is -1.50. The quantitative estimate of drug-likeness (QED) is 0.163. The van der Waals surface area contributed by atoms with Gasteiger partial charge in [0.05, 0.1) is 25.6 Å². The van der Waals surface area contributed by atoms with Crippen LogP contribution in [0.4, 0.5) is 0 Å². The van der Waals surface area contributed by atoms with E-state index in [1.54, 1.807) is 0 Å². The van der Waals surface area contributed by atoms with Gasteiger partial charge in [0.15, 0.2) is 0 Å². The molecule has 3 atom stereocenters. The maximum Gasteiger partial charge on any atom is 0.328 e. The molecular weight excluding hydrogens is 416 g/mol. The zero-order valence-electron chi connectivity index (χ0n) is 16.3. The number of aliphatic hydroxyl groups is 1. The molecule has 0 aliphatic carbocycles. The summed E-state index contributed by atoms with van der Waals surface area (Å²) < 4.78 is 0. The summed E-state index contributed by atoms with van der Waals surface area (Å²) in [5, 5.41) is 42.3. The molecule has 0 fully saturated rings. The molecule has 1 aromatic rings. The normalized spacial score (nSPS) is 13.4. The third-order valence-corrected chi connectivity index (χ3v) is 3.98. The van der Waals surface area contributed by atoms with Gasteiger partial charge in [0.25, 0.3) is 0 Å². The first-order valence-corrected chi connectivity index (χ1v) is 8.99. The van der Waals surface area contributed by atoms with Crippen LogP contribution in [-0.4, -0.2) is 81.4 Å². The van der Waals surface area contributed by atoms with Crippen molar-refractivity contribution in [1.29, 1.82) is 0 Å². The molecule has 1 rings (SSSR count).